The van der Waals surface area contributed by atoms with E-state index < -0.39 is 12.2 Å². The third-order valence-electron chi connectivity index (χ3n) is 6.77. The number of hydrogen-bond donors (Lipinski definition) is 2. The van der Waals surface area contributed by atoms with Crippen LogP contribution >= 0.6 is 0 Å². The Bertz CT molecular complexity index is 1060. The zero-order valence-corrected chi connectivity index (χ0v) is 17.4. The molecule has 1 saturated heterocycles. The molecule has 2 N–H and O–H groups in total. The maximum absolute atomic E-state index is 10.8. The number of aryl methyl sites for hydroxylation is 1. The molecule has 5 rings (SSSR count). The molecule has 0 aromatic heterocycles. The number of fused-ring (bicyclic) bond motifs is 2. The predicted octanol–water partition coefficient (Wildman–Crippen LogP) is 4.53. The second kappa shape index (κ2) is 7.69. The third kappa shape index (κ3) is 3.71. The number of rotatable bonds is 3. The maximum Gasteiger partial charge on any atom is 0.125 e. The molecule has 0 aliphatic carbocycles. The fourth-order valence-corrected chi connectivity index (χ4v) is 4.97. The van der Waals surface area contributed by atoms with E-state index in [1.54, 1.807) is 0 Å². The molecule has 4 heteroatoms. The highest BCUT2D eigenvalue weighted by Gasteiger charge is 2.43. The van der Waals surface area contributed by atoms with Gasteiger partial charge in [-0.05, 0) is 54.3 Å². The molecule has 30 heavy (non-hydrogen) atoms. The van der Waals surface area contributed by atoms with Crippen LogP contribution in [-0.2, 0) is 0 Å². The van der Waals surface area contributed by atoms with Crippen LogP contribution in [0, 0.1) is 6.92 Å². The molecule has 1 spiro atoms. The number of benzene rings is 3. The van der Waals surface area contributed by atoms with E-state index in [0.29, 0.717) is 13.0 Å². The molecule has 156 valence electrons. The quantitative estimate of drug-likeness (QED) is 0.675. The fourth-order valence-electron chi connectivity index (χ4n) is 4.97. The van der Waals surface area contributed by atoms with E-state index in [-0.39, 0.29) is 5.60 Å². The Morgan fingerprint density at radius 2 is 1.80 bits per heavy atom. The zero-order chi connectivity index (χ0) is 20.7. The van der Waals surface area contributed by atoms with Gasteiger partial charge in [0.25, 0.3) is 0 Å². The number of β-amino-alcohol motifs (C(OH)–C–C–N with tert-alkyl or cyclic N) is 1. The predicted molar refractivity (Wildman–Crippen MR) is 119 cm³/mol. The zero-order valence-electron chi connectivity index (χ0n) is 17.4. The molecule has 0 amide bonds. The van der Waals surface area contributed by atoms with Gasteiger partial charge in [-0.25, -0.2) is 0 Å². The molecule has 4 nitrogen and oxygen atoms in total. The number of likely N-dealkylation sites (tertiary alicyclic amines) is 1. The summed E-state index contributed by atoms with van der Waals surface area (Å²) in [6.45, 7) is 4.38. The van der Waals surface area contributed by atoms with Gasteiger partial charge in [0.1, 0.15) is 11.4 Å². The molecule has 0 saturated carbocycles. The standard InChI is InChI=1S/C26H29NO3/c1-18-6-9-25-22(14-18)23(28)16-26(30-25)10-12-27(13-11-26)17-24(29)21-8-7-19-4-2-3-5-20(19)15-21/h2-9,14-15,23-24,28-29H,10-13,16-17H2,1H3. The minimum absolute atomic E-state index is 0.300. The summed E-state index contributed by atoms with van der Waals surface area (Å²) >= 11 is 0. The Hall–Kier alpha value is -2.40. The number of piperidine rings is 1. The lowest BCUT2D eigenvalue weighted by molar-refractivity contribution is -0.0588. The lowest BCUT2D eigenvalue weighted by atomic mass is 9.81. The minimum atomic E-state index is -0.509. The highest BCUT2D eigenvalue weighted by atomic mass is 16.5. The van der Waals surface area contributed by atoms with Gasteiger partial charge in [-0.2, -0.15) is 0 Å². The van der Waals surface area contributed by atoms with Crippen molar-refractivity contribution < 1.29 is 14.9 Å². The van der Waals surface area contributed by atoms with E-state index in [2.05, 4.69) is 29.2 Å². The van der Waals surface area contributed by atoms with Crippen molar-refractivity contribution in [1.82, 2.24) is 4.90 Å². The fraction of sp³-hybridized carbons (Fsp3) is 0.385. The van der Waals surface area contributed by atoms with Crippen LogP contribution in [0.2, 0.25) is 0 Å². The molecule has 2 atom stereocenters. The van der Waals surface area contributed by atoms with Gasteiger partial charge in [-0.3, -0.25) is 0 Å². The Morgan fingerprint density at radius 1 is 1.03 bits per heavy atom. The summed E-state index contributed by atoms with van der Waals surface area (Å²) in [5, 5.41) is 23.9. The van der Waals surface area contributed by atoms with E-state index in [0.717, 1.165) is 53.8 Å². The number of ether oxygens (including phenoxy) is 1. The Labute approximate surface area is 177 Å². The summed E-state index contributed by atoms with van der Waals surface area (Å²) in [5.41, 5.74) is 2.72. The third-order valence-corrected chi connectivity index (χ3v) is 6.77. The van der Waals surface area contributed by atoms with Gasteiger partial charge in [0, 0.05) is 31.6 Å². The SMILES string of the molecule is Cc1ccc2c(c1)C(O)CC1(CCN(CC(O)c3ccc4ccccc4c3)CC1)O2. The van der Waals surface area contributed by atoms with E-state index in [9.17, 15) is 10.2 Å². The van der Waals surface area contributed by atoms with Crippen LogP contribution < -0.4 is 4.74 Å². The van der Waals surface area contributed by atoms with Gasteiger partial charge in [0.2, 0.25) is 0 Å². The van der Waals surface area contributed by atoms with Crippen LogP contribution in [0.15, 0.2) is 60.7 Å². The Kier molecular flexibility index (Phi) is 5.02. The van der Waals surface area contributed by atoms with Crippen molar-refractivity contribution in [2.75, 3.05) is 19.6 Å². The van der Waals surface area contributed by atoms with Gasteiger partial charge >= 0.3 is 0 Å². The van der Waals surface area contributed by atoms with Gasteiger partial charge in [-0.1, -0.05) is 48.0 Å². The topological polar surface area (TPSA) is 52.9 Å². The lowest BCUT2D eigenvalue weighted by Crippen LogP contribution is -2.51. The molecular formula is C26H29NO3. The molecule has 2 heterocycles. The minimum Gasteiger partial charge on any atom is -0.487 e. The molecular weight excluding hydrogens is 374 g/mol. The van der Waals surface area contributed by atoms with E-state index >= 15 is 0 Å². The molecule has 3 aromatic carbocycles. The van der Waals surface area contributed by atoms with Crippen molar-refractivity contribution in [3.05, 3.63) is 77.4 Å². The normalized spacial score (nSPS) is 21.9. The van der Waals surface area contributed by atoms with Gasteiger partial charge in [-0.15, -0.1) is 0 Å². The van der Waals surface area contributed by atoms with Crippen LogP contribution in [0.1, 0.15) is 48.2 Å². The summed E-state index contributed by atoms with van der Waals surface area (Å²) in [6.07, 6.45) is 1.39. The highest BCUT2D eigenvalue weighted by Crippen LogP contribution is 2.44. The summed E-state index contributed by atoms with van der Waals surface area (Å²) < 4.78 is 6.42. The summed E-state index contributed by atoms with van der Waals surface area (Å²) in [5.74, 6) is 0.823. The van der Waals surface area contributed by atoms with Crippen molar-refractivity contribution in [2.45, 2.75) is 44.0 Å². The molecule has 2 aliphatic rings. The van der Waals surface area contributed by atoms with Crippen LogP contribution in [-0.4, -0.2) is 40.3 Å². The van der Waals surface area contributed by atoms with E-state index in [4.69, 9.17) is 4.74 Å². The van der Waals surface area contributed by atoms with Crippen LogP contribution in [0.3, 0.4) is 0 Å². The van der Waals surface area contributed by atoms with Crippen LogP contribution in [0.4, 0.5) is 0 Å². The van der Waals surface area contributed by atoms with Crippen LogP contribution in [0.25, 0.3) is 10.8 Å². The smallest absolute Gasteiger partial charge is 0.125 e. The van der Waals surface area contributed by atoms with Gasteiger partial charge in [0.15, 0.2) is 0 Å². The van der Waals surface area contributed by atoms with E-state index in [1.165, 1.54) is 5.39 Å². The summed E-state index contributed by atoms with van der Waals surface area (Å²) in [7, 11) is 0. The molecule has 0 bridgehead atoms. The first-order chi connectivity index (χ1) is 14.5. The highest BCUT2D eigenvalue weighted by molar-refractivity contribution is 5.83. The van der Waals surface area contributed by atoms with Crippen molar-refractivity contribution >= 4 is 10.8 Å². The average molecular weight is 404 g/mol. The van der Waals surface area contributed by atoms with E-state index in [1.807, 2.05) is 43.3 Å². The first kappa shape index (κ1) is 19.6. The Balaban J connectivity index is 1.24. The van der Waals surface area contributed by atoms with Gasteiger partial charge < -0.3 is 19.8 Å². The van der Waals surface area contributed by atoms with Gasteiger partial charge in [0.05, 0.1) is 12.2 Å². The molecule has 2 aliphatic heterocycles. The second-order valence-corrected chi connectivity index (χ2v) is 8.97. The van der Waals surface area contributed by atoms with Crippen LogP contribution in [0.5, 0.6) is 5.75 Å². The number of nitrogens with zero attached hydrogens (tertiary/aromatic N) is 1. The number of hydrogen-bond acceptors (Lipinski definition) is 4. The Morgan fingerprint density at radius 3 is 2.60 bits per heavy atom. The lowest BCUT2D eigenvalue weighted by Gasteiger charge is -2.46. The first-order valence-electron chi connectivity index (χ1n) is 10.9. The number of aliphatic hydroxyl groups is 2. The molecule has 0 radical (unpaired) electrons. The van der Waals surface area contributed by atoms with Crippen molar-refractivity contribution in [3.63, 3.8) is 0 Å². The summed E-state index contributed by atoms with van der Waals surface area (Å²) in [4.78, 5) is 2.31. The molecule has 1 fully saturated rings. The maximum atomic E-state index is 10.8. The largest absolute Gasteiger partial charge is 0.487 e. The molecule has 3 aromatic rings. The van der Waals surface area contributed by atoms with Crippen molar-refractivity contribution in [2.24, 2.45) is 0 Å². The van der Waals surface area contributed by atoms with Crippen molar-refractivity contribution in [3.8, 4) is 5.75 Å². The molecule has 2 unspecified atom stereocenters. The number of aliphatic hydroxyl groups excluding tert-OH is 2. The monoisotopic (exact) mass is 403 g/mol. The first-order valence-corrected chi connectivity index (χ1v) is 10.9. The summed E-state index contributed by atoms with van der Waals surface area (Å²) in [6, 6.07) is 20.5. The van der Waals surface area contributed by atoms with Crippen molar-refractivity contribution in [1.29, 1.82) is 0 Å². The second-order valence-electron chi connectivity index (χ2n) is 8.97. The average Bonchev–Trinajstić information content (AvgIpc) is 2.76.